The van der Waals surface area contributed by atoms with Crippen LogP contribution in [0.15, 0.2) is 188 Å². The highest BCUT2D eigenvalue weighted by Gasteiger charge is 2.52. The predicted molar refractivity (Wildman–Crippen MR) is 235 cm³/mol. The molecule has 0 amide bonds. The summed E-state index contributed by atoms with van der Waals surface area (Å²) in [5.41, 5.74) is 14.4. The Labute approximate surface area is 334 Å². The Hall–Kier alpha value is -6.88. The van der Waals surface area contributed by atoms with Crippen LogP contribution in [0.5, 0.6) is 11.5 Å². The first-order valence-corrected chi connectivity index (χ1v) is 20.4. The molecule has 0 bridgehead atoms. The molecule has 3 nitrogen and oxygen atoms in total. The van der Waals surface area contributed by atoms with Crippen LogP contribution in [-0.2, 0) is 5.41 Å². The van der Waals surface area contributed by atoms with E-state index in [0.29, 0.717) is 5.82 Å². The van der Waals surface area contributed by atoms with E-state index in [1.165, 1.54) is 53.6 Å². The Bertz CT molecular complexity index is 3170. The van der Waals surface area contributed by atoms with E-state index >= 15 is 0 Å². The van der Waals surface area contributed by atoms with Crippen LogP contribution in [0.4, 0.5) is 0 Å². The number of para-hydroxylation sites is 2. The average Bonchev–Trinajstić information content (AvgIpc) is 3.80. The summed E-state index contributed by atoms with van der Waals surface area (Å²) in [7, 11) is 0. The molecule has 2 aliphatic carbocycles. The molecule has 1 aliphatic heterocycles. The summed E-state index contributed by atoms with van der Waals surface area (Å²) in [4.78, 5) is 10.4. The molecule has 7 aromatic carbocycles. The highest BCUT2D eigenvalue weighted by Crippen LogP contribution is 2.63. The zero-order chi connectivity index (χ0) is 37.5. The van der Waals surface area contributed by atoms with Crippen molar-refractivity contribution in [1.29, 1.82) is 0 Å². The lowest BCUT2D eigenvalue weighted by Crippen LogP contribution is -2.33. The lowest BCUT2D eigenvalue weighted by atomic mass is 9.64. The van der Waals surface area contributed by atoms with E-state index in [0.717, 1.165) is 63.5 Å². The van der Waals surface area contributed by atoms with Gasteiger partial charge < -0.3 is 4.74 Å². The molecule has 3 heterocycles. The molecule has 9 aromatic rings. The minimum Gasteiger partial charge on any atom is -0.456 e. The van der Waals surface area contributed by atoms with E-state index in [-0.39, 0.29) is 0 Å². The molecule has 3 aliphatic rings. The van der Waals surface area contributed by atoms with Gasteiger partial charge in [0.15, 0.2) is 5.82 Å². The summed E-state index contributed by atoms with van der Waals surface area (Å²) in [6.07, 6.45) is 6.82. The molecule has 0 N–H and O–H groups in total. The normalized spacial score (nSPS) is 16.4. The van der Waals surface area contributed by atoms with Gasteiger partial charge >= 0.3 is 0 Å². The highest BCUT2D eigenvalue weighted by atomic mass is 32.1. The molecule has 4 heteroatoms. The molecule has 1 unspecified atom stereocenters. The van der Waals surface area contributed by atoms with Crippen molar-refractivity contribution in [2.75, 3.05) is 0 Å². The fourth-order valence-corrected chi connectivity index (χ4v) is 10.7. The van der Waals surface area contributed by atoms with E-state index in [1.807, 2.05) is 29.5 Å². The number of benzene rings is 7. The Morgan fingerprint density at radius 2 is 1.19 bits per heavy atom. The number of hydrogen-bond acceptors (Lipinski definition) is 4. The number of thiophene rings is 1. The number of hydrogen-bond donors (Lipinski definition) is 0. The van der Waals surface area contributed by atoms with Gasteiger partial charge in [-0.25, -0.2) is 9.97 Å². The third-order valence-corrected chi connectivity index (χ3v) is 13.2. The van der Waals surface area contributed by atoms with Crippen molar-refractivity contribution in [3.63, 3.8) is 0 Å². The number of allylic oxidation sites excluding steroid dienone is 4. The minimum absolute atomic E-state index is 0.470. The van der Waals surface area contributed by atoms with Crippen molar-refractivity contribution >= 4 is 37.1 Å². The van der Waals surface area contributed by atoms with Crippen LogP contribution >= 0.6 is 11.3 Å². The molecule has 0 saturated heterocycles. The molecule has 12 rings (SSSR count). The van der Waals surface area contributed by atoms with Gasteiger partial charge in [-0.05, 0) is 71.0 Å². The van der Waals surface area contributed by atoms with E-state index in [2.05, 4.69) is 164 Å². The second kappa shape index (κ2) is 12.6. The van der Waals surface area contributed by atoms with E-state index in [9.17, 15) is 0 Å². The van der Waals surface area contributed by atoms with Crippen LogP contribution in [0.2, 0.25) is 0 Å². The second-order valence-corrected chi connectivity index (χ2v) is 16.2. The summed E-state index contributed by atoms with van der Waals surface area (Å²) >= 11 is 1.83. The summed E-state index contributed by atoms with van der Waals surface area (Å²) in [5, 5.41) is 2.57. The van der Waals surface area contributed by atoms with Gasteiger partial charge in [0, 0.05) is 53.6 Å². The van der Waals surface area contributed by atoms with Crippen molar-refractivity contribution < 1.29 is 4.74 Å². The fourth-order valence-electron chi connectivity index (χ4n) is 9.57. The first kappa shape index (κ1) is 32.4. The Balaban J connectivity index is 1.03. The van der Waals surface area contributed by atoms with Crippen LogP contribution in [-0.4, -0.2) is 9.97 Å². The molecule has 0 radical (unpaired) electrons. The van der Waals surface area contributed by atoms with Crippen LogP contribution in [0.1, 0.15) is 35.1 Å². The van der Waals surface area contributed by atoms with Gasteiger partial charge in [-0.3, -0.25) is 0 Å². The fraction of sp³-hybridized carbons (Fsp3) is 0.0566. The van der Waals surface area contributed by atoms with Gasteiger partial charge in [0.25, 0.3) is 0 Å². The molecule has 2 aromatic heterocycles. The van der Waals surface area contributed by atoms with Crippen molar-refractivity contribution in [1.82, 2.24) is 9.97 Å². The van der Waals surface area contributed by atoms with Gasteiger partial charge in [-0.2, -0.15) is 0 Å². The van der Waals surface area contributed by atoms with Gasteiger partial charge in [0.2, 0.25) is 0 Å². The van der Waals surface area contributed by atoms with Gasteiger partial charge in [-0.15, -0.1) is 11.3 Å². The van der Waals surface area contributed by atoms with Gasteiger partial charge in [-0.1, -0.05) is 152 Å². The maximum Gasteiger partial charge on any atom is 0.160 e. The smallest absolute Gasteiger partial charge is 0.160 e. The number of fused-ring (bicyclic) bond motifs is 11. The molecule has 0 fully saturated rings. The summed E-state index contributed by atoms with van der Waals surface area (Å²) < 4.78 is 9.57. The van der Waals surface area contributed by atoms with Crippen molar-refractivity contribution in [3.05, 3.63) is 210 Å². The molecule has 0 saturated carbocycles. The zero-order valence-corrected chi connectivity index (χ0v) is 31.8. The molecule has 268 valence electrons. The number of aromatic nitrogens is 2. The predicted octanol–water partition coefficient (Wildman–Crippen LogP) is 14.1. The maximum absolute atomic E-state index is 7.03. The summed E-state index contributed by atoms with van der Waals surface area (Å²) in [6.45, 7) is 0. The monoisotopic (exact) mass is 746 g/mol. The van der Waals surface area contributed by atoms with Crippen molar-refractivity contribution in [2.45, 2.75) is 18.3 Å². The zero-order valence-electron chi connectivity index (χ0n) is 30.9. The minimum atomic E-state index is -0.470. The van der Waals surface area contributed by atoms with Crippen LogP contribution in [0.25, 0.3) is 70.8 Å². The lowest BCUT2D eigenvalue weighted by molar-refractivity contribution is 0.437. The Morgan fingerprint density at radius 1 is 0.509 bits per heavy atom. The number of rotatable bonds is 4. The molecule has 1 atom stereocenters. The van der Waals surface area contributed by atoms with Crippen molar-refractivity contribution in [2.24, 2.45) is 0 Å². The van der Waals surface area contributed by atoms with E-state index in [1.54, 1.807) is 0 Å². The van der Waals surface area contributed by atoms with Crippen LogP contribution in [0.3, 0.4) is 0 Å². The Kier molecular flexibility index (Phi) is 7.14. The van der Waals surface area contributed by atoms with E-state index < -0.39 is 5.41 Å². The topological polar surface area (TPSA) is 35.0 Å². The molecule has 1 spiro atoms. The van der Waals surface area contributed by atoms with Gasteiger partial charge in [0.1, 0.15) is 11.5 Å². The maximum atomic E-state index is 7.03. The molecular weight excluding hydrogens is 713 g/mol. The molecule has 57 heavy (non-hydrogen) atoms. The van der Waals surface area contributed by atoms with Crippen LogP contribution < -0.4 is 4.74 Å². The SMILES string of the molecule is C1=CC2=C(CC1)c1ccccc1C21c2ccccc2Oc2c(-c3cccc(-c4cc(-c5ccc6c(c5)sc5ccccc56)nc(-c5ccccc5)n4)c3)cccc21. The largest absolute Gasteiger partial charge is 0.456 e. The second-order valence-electron chi connectivity index (χ2n) is 15.1. The highest BCUT2D eigenvalue weighted by molar-refractivity contribution is 7.25. The quantitative estimate of drug-likeness (QED) is 0.180. The third kappa shape index (κ3) is 4.84. The standard InChI is InChI=1S/C53H34N2OS/c1-2-14-33(15-3-1)52-54-46(32-47(55-52)36-28-29-41-40-20-6-11-27-49(40)57-50(41)31-36)35-17-12-16-34(30-35)37-21-13-25-45-51(37)56-48-26-10-9-24-44(48)53(45)42-22-7-4-18-38(42)39-19-5-8-23-43(39)53/h1-4,6-18,20-32H,5,19H2. The average molecular weight is 747 g/mol. The van der Waals surface area contributed by atoms with Crippen molar-refractivity contribution in [3.8, 4) is 56.5 Å². The summed E-state index contributed by atoms with van der Waals surface area (Å²) in [5.74, 6) is 2.51. The number of ether oxygens (including phenoxy) is 1. The first-order chi connectivity index (χ1) is 28.2. The van der Waals surface area contributed by atoms with E-state index in [4.69, 9.17) is 14.7 Å². The third-order valence-electron chi connectivity index (χ3n) is 12.1. The Morgan fingerprint density at radius 3 is 2.11 bits per heavy atom. The van der Waals surface area contributed by atoms with Gasteiger partial charge in [0.05, 0.1) is 16.8 Å². The number of nitrogens with zero attached hydrogens (tertiary/aromatic N) is 2. The lowest BCUT2D eigenvalue weighted by Gasteiger charge is -2.41. The summed E-state index contributed by atoms with van der Waals surface area (Å²) in [6, 6.07) is 60.8. The van der Waals surface area contributed by atoms with Crippen LogP contribution in [0, 0.1) is 0 Å². The molecular formula is C53H34N2OS. The first-order valence-electron chi connectivity index (χ1n) is 19.6.